The molecular formula is C13H16N2O2. The molecule has 1 aromatic carbocycles. The number of hydrogen-bond donors (Lipinski definition) is 0. The number of likely N-dealkylation sites (N-methyl/N-ethyl adjacent to an activating group) is 1. The van der Waals surface area contributed by atoms with Gasteiger partial charge in [-0.1, -0.05) is 18.2 Å². The molecule has 1 aliphatic heterocycles. The molecule has 0 atom stereocenters. The van der Waals surface area contributed by atoms with E-state index in [4.69, 9.17) is 0 Å². The minimum absolute atomic E-state index is 0.0409. The molecule has 1 amide bonds. The number of amides is 1. The standard InChI is InChI=1S/C13H16N2O2/c1-14-6-8-15(9-7-14)13(17)12-5-3-2-4-11(12)10-16/h2-5,10H,6-9H2,1H3. The van der Waals surface area contributed by atoms with Gasteiger partial charge in [0.1, 0.15) is 0 Å². The van der Waals surface area contributed by atoms with Gasteiger partial charge in [0.25, 0.3) is 5.91 Å². The molecule has 90 valence electrons. The van der Waals surface area contributed by atoms with Gasteiger partial charge in [0.15, 0.2) is 6.29 Å². The van der Waals surface area contributed by atoms with Gasteiger partial charge in [0, 0.05) is 31.7 Å². The van der Waals surface area contributed by atoms with Crippen LogP contribution in [0.25, 0.3) is 0 Å². The highest BCUT2D eigenvalue weighted by atomic mass is 16.2. The van der Waals surface area contributed by atoms with Crippen LogP contribution in [0.3, 0.4) is 0 Å². The largest absolute Gasteiger partial charge is 0.336 e. The third-order valence-corrected chi connectivity index (χ3v) is 3.11. The van der Waals surface area contributed by atoms with Crippen molar-refractivity contribution in [3.8, 4) is 0 Å². The van der Waals surface area contributed by atoms with Gasteiger partial charge in [0.05, 0.1) is 5.56 Å². The maximum atomic E-state index is 12.2. The fraction of sp³-hybridized carbons (Fsp3) is 0.385. The molecule has 1 saturated heterocycles. The Kier molecular flexibility index (Phi) is 3.54. The fourth-order valence-electron chi connectivity index (χ4n) is 1.97. The predicted octanol–water partition coefficient (Wildman–Crippen LogP) is 0.887. The van der Waals surface area contributed by atoms with E-state index in [0.29, 0.717) is 11.1 Å². The van der Waals surface area contributed by atoms with Gasteiger partial charge in [-0.2, -0.15) is 0 Å². The number of aldehydes is 1. The van der Waals surface area contributed by atoms with Crippen molar-refractivity contribution in [1.29, 1.82) is 0 Å². The number of benzene rings is 1. The first-order valence-electron chi connectivity index (χ1n) is 5.74. The van der Waals surface area contributed by atoms with Crippen LogP contribution < -0.4 is 0 Å². The molecule has 0 N–H and O–H groups in total. The van der Waals surface area contributed by atoms with Crippen LogP contribution in [0.15, 0.2) is 24.3 Å². The molecule has 1 aliphatic rings. The Hall–Kier alpha value is -1.68. The monoisotopic (exact) mass is 232 g/mol. The lowest BCUT2D eigenvalue weighted by molar-refractivity contribution is 0.0662. The molecule has 0 saturated carbocycles. The van der Waals surface area contributed by atoms with E-state index in [-0.39, 0.29) is 5.91 Å². The van der Waals surface area contributed by atoms with Crippen LogP contribution in [0, 0.1) is 0 Å². The van der Waals surface area contributed by atoms with Crippen molar-refractivity contribution in [2.75, 3.05) is 33.2 Å². The summed E-state index contributed by atoms with van der Waals surface area (Å²) in [6, 6.07) is 6.95. The minimum Gasteiger partial charge on any atom is -0.336 e. The van der Waals surface area contributed by atoms with Crippen molar-refractivity contribution in [2.45, 2.75) is 0 Å². The first kappa shape index (κ1) is 11.8. The highest BCUT2D eigenvalue weighted by Crippen LogP contribution is 2.11. The van der Waals surface area contributed by atoms with Gasteiger partial charge in [-0.25, -0.2) is 0 Å². The lowest BCUT2D eigenvalue weighted by atomic mass is 10.1. The smallest absolute Gasteiger partial charge is 0.254 e. The van der Waals surface area contributed by atoms with E-state index in [1.54, 1.807) is 24.3 Å². The van der Waals surface area contributed by atoms with Gasteiger partial charge in [-0.3, -0.25) is 9.59 Å². The van der Waals surface area contributed by atoms with Gasteiger partial charge in [0.2, 0.25) is 0 Å². The van der Waals surface area contributed by atoms with Gasteiger partial charge in [-0.15, -0.1) is 0 Å². The van der Waals surface area contributed by atoms with Crippen LogP contribution in [0.1, 0.15) is 20.7 Å². The molecule has 0 unspecified atom stereocenters. The Balaban J connectivity index is 2.16. The van der Waals surface area contributed by atoms with E-state index in [2.05, 4.69) is 4.90 Å². The van der Waals surface area contributed by atoms with E-state index in [9.17, 15) is 9.59 Å². The average Bonchev–Trinajstić information content (AvgIpc) is 2.39. The van der Waals surface area contributed by atoms with Crippen molar-refractivity contribution in [3.05, 3.63) is 35.4 Å². The topological polar surface area (TPSA) is 40.6 Å². The minimum atomic E-state index is -0.0409. The second-order valence-corrected chi connectivity index (χ2v) is 4.30. The lowest BCUT2D eigenvalue weighted by Crippen LogP contribution is -2.47. The van der Waals surface area contributed by atoms with Crippen molar-refractivity contribution in [1.82, 2.24) is 9.80 Å². The first-order valence-corrected chi connectivity index (χ1v) is 5.74. The van der Waals surface area contributed by atoms with Gasteiger partial charge >= 0.3 is 0 Å². The highest BCUT2D eigenvalue weighted by molar-refractivity contribution is 6.01. The van der Waals surface area contributed by atoms with E-state index < -0.39 is 0 Å². The Bertz CT molecular complexity index is 423. The SMILES string of the molecule is CN1CCN(C(=O)c2ccccc2C=O)CC1. The van der Waals surface area contributed by atoms with Crippen molar-refractivity contribution >= 4 is 12.2 Å². The average molecular weight is 232 g/mol. The maximum absolute atomic E-state index is 12.2. The second kappa shape index (κ2) is 5.10. The van der Waals surface area contributed by atoms with Crippen LogP contribution in [0.4, 0.5) is 0 Å². The summed E-state index contributed by atoms with van der Waals surface area (Å²) in [6.07, 6.45) is 0.739. The summed E-state index contributed by atoms with van der Waals surface area (Å²) in [5, 5.41) is 0. The first-order chi connectivity index (χ1) is 8.22. The molecule has 0 spiro atoms. The number of hydrogen-bond acceptors (Lipinski definition) is 3. The Morgan fingerprint density at radius 1 is 1.18 bits per heavy atom. The number of rotatable bonds is 2. The van der Waals surface area contributed by atoms with Crippen LogP contribution >= 0.6 is 0 Å². The zero-order chi connectivity index (χ0) is 12.3. The Morgan fingerprint density at radius 3 is 2.47 bits per heavy atom. The predicted molar refractivity (Wildman–Crippen MR) is 65.2 cm³/mol. The van der Waals surface area contributed by atoms with Crippen LogP contribution in [-0.2, 0) is 0 Å². The molecule has 4 heteroatoms. The molecule has 17 heavy (non-hydrogen) atoms. The maximum Gasteiger partial charge on any atom is 0.254 e. The van der Waals surface area contributed by atoms with Gasteiger partial charge in [-0.05, 0) is 13.1 Å². The quantitative estimate of drug-likeness (QED) is 0.711. The second-order valence-electron chi connectivity index (χ2n) is 4.30. The molecule has 0 aliphatic carbocycles. The van der Waals surface area contributed by atoms with Crippen molar-refractivity contribution in [2.24, 2.45) is 0 Å². The van der Waals surface area contributed by atoms with Crippen molar-refractivity contribution < 1.29 is 9.59 Å². The van der Waals surface area contributed by atoms with Crippen LogP contribution in [0.2, 0.25) is 0 Å². The number of piperazine rings is 1. The van der Waals surface area contributed by atoms with E-state index in [1.165, 1.54) is 0 Å². The van der Waals surface area contributed by atoms with E-state index in [1.807, 2.05) is 11.9 Å². The molecular weight excluding hydrogens is 216 g/mol. The zero-order valence-electron chi connectivity index (χ0n) is 9.93. The summed E-state index contributed by atoms with van der Waals surface area (Å²) < 4.78 is 0. The van der Waals surface area contributed by atoms with E-state index in [0.717, 1.165) is 32.5 Å². The third kappa shape index (κ3) is 2.53. The number of carbonyl (C=O) groups excluding carboxylic acids is 2. The molecule has 0 bridgehead atoms. The summed E-state index contributed by atoms with van der Waals surface area (Å²) in [5.41, 5.74) is 0.975. The Morgan fingerprint density at radius 2 is 1.82 bits per heavy atom. The fourth-order valence-corrected chi connectivity index (χ4v) is 1.97. The summed E-state index contributed by atoms with van der Waals surface area (Å²) in [6.45, 7) is 3.22. The van der Waals surface area contributed by atoms with Crippen LogP contribution in [-0.4, -0.2) is 55.2 Å². The number of carbonyl (C=O) groups is 2. The molecule has 0 radical (unpaired) electrons. The molecule has 1 fully saturated rings. The third-order valence-electron chi connectivity index (χ3n) is 3.11. The summed E-state index contributed by atoms with van der Waals surface area (Å²) in [7, 11) is 2.04. The molecule has 1 heterocycles. The Labute approximate surface area is 101 Å². The summed E-state index contributed by atoms with van der Waals surface area (Å²) in [5.74, 6) is -0.0409. The molecule has 1 aromatic rings. The highest BCUT2D eigenvalue weighted by Gasteiger charge is 2.21. The molecule has 0 aromatic heterocycles. The van der Waals surface area contributed by atoms with Crippen LogP contribution in [0.5, 0.6) is 0 Å². The normalized spacial score (nSPS) is 16.9. The summed E-state index contributed by atoms with van der Waals surface area (Å²) >= 11 is 0. The van der Waals surface area contributed by atoms with Gasteiger partial charge < -0.3 is 9.80 Å². The van der Waals surface area contributed by atoms with E-state index >= 15 is 0 Å². The summed E-state index contributed by atoms with van der Waals surface area (Å²) in [4.78, 5) is 27.1. The van der Waals surface area contributed by atoms with Crippen molar-refractivity contribution in [3.63, 3.8) is 0 Å². The number of nitrogens with zero attached hydrogens (tertiary/aromatic N) is 2. The molecule has 2 rings (SSSR count). The lowest BCUT2D eigenvalue weighted by Gasteiger charge is -2.32. The zero-order valence-corrected chi connectivity index (χ0v) is 9.93. The molecule has 4 nitrogen and oxygen atoms in total.